The van der Waals surface area contributed by atoms with Crippen molar-refractivity contribution in [3.8, 4) is 5.75 Å². The van der Waals surface area contributed by atoms with E-state index >= 15 is 0 Å². The van der Waals surface area contributed by atoms with Crippen LogP contribution >= 0.6 is 0 Å². The molecule has 0 radical (unpaired) electrons. The van der Waals surface area contributed by atoms with Gasteiger partial charge in [0.15, 0.2) is 0 Å². The zero-order chi connectivity index (χ0) is 12.7. The van der Waals surface area contributed by atoms with Crippen molar-refractivity contribution in [2.24, 2.45) is 0 Å². The highest BCUT2D eigenvalue weighted by Crippen LogP contribution is 2.18. The third kappa shape index (κ3) is 4.65. The van der Waals surface area contributed by atoms with Crippen LogP contribution in [-0.4, -0.2) is 31.1 Å². The number of anilines is 1. The molecule has 0 aliphatic heterocycles. The number of nitrogens with zero attached hydrogens (tertiary/aromatic N) is 1. The van der Waals surface area contributed by atoms with Crippen molar-refractivity contribution in [3.05, 3.63) is 23.8 Å². The van der Waals surface area contributed by atoms with Crippen molar-refractivity contribution >= 4 is 5.69 Å². The van der Waals surface area contributed by atoms with Gasteiger partial charge in [-0.1, -0.05) is 19.9 Å². The topological polar surface area (TPSA) is 38.5 Å². The van der Waals surface area contributed by atoms with Crippen LogP contribution in [0.25, 0.3) is 0 Å². The molecule has 0 unspecified atom stereocenters. The Morgan fingerprint density at radius 2 is 2.00 bits per heavy atom. The number of aryl methyl sites for hydroxylation is 1. The van der Waals surface area contributed by atoms with Crippen LogP contribution in [-0.2, 0) is 0 Å². The van der Waals surface area contributed by atoms with Gasteiger partial charge in [0, 0.05) is 18.3 Å². The summed E-state index contributed by atoms with van der Waals surface area (Å²) in [6, 6.07) is 5.86. The molecular weight excluding hydrogens is 212 g/mol. The van der Waals surface area contributed by atoms with Gasteiger partial charge < -0.3 is 15.4 Å². The summed E-state index contributed by atoms with van der Waals surface area (Å²) in [7, 11) is 0. The van der Waals surface area contributed by atoms with Gasteiger partial charge in [0.2, 0.25) is 0 Å². The number of benzene rings is 1. The van der Waals surface area contributed by atoms with E-state index in [0.29, 0.717) is 0 Å². The second kappa shape index (κ2) is 7.17. The summed E-state index contributed by atoms with van der Waals surface area (Å²) in [6.07, 6.45) is 1.19. The highest BCUT2D eigenvalue weighted by molar-refractivity contribution is 5.50. The van der Waals surface area contributed by atoms with Crippen LogP contribution in [0.1, 0.15) is 25.8 Å². The minimum absolute atomic E-state index is 0.719. The van der Waals surface area contributed by atoms with Gasteiger partial charge >= 0.3 is 0 Å². The summed E-state index contributed by atoms with van der Waals surface area (Å²) >= 11 is 0. The molecule has 0 amide bonds. The summed E-state index contributed by atoms with van der Waals surface area (Å²) in [6.45, 7) is 10.3. The van der Waals surface area contributed by atoms with E-state index < -0.39 is 0 Å². The molecule has 0 fully saturated rings. The molecule has 0 saturated heterocycles. The Morgan fingerprint density at radius 1 is 1.24 bits per heavy atom. The maximum atomic E-state index is 5.84. The van der Waals surface area contributed by atoms with Crippen molar-refractivity contribution in [3.63, 3.8) is 0 Å². The summed E-state index contributed by atoms with van der Waals surface area (Å²) in [5, 5.41) is 0. The van der Waals surface area contributed by atoms with Crippen molar-refractivity contribution in [1.29, 1.82) is 0 Å². The Morgan fingerprint density at radius 3 is 2.59 bits per heavy atom. The zero-order valence-electron chi connectivity index (χ0n) is 11.2. The first-order valence-corrected chi connectivity index (χ1v) is 6.38. The van der Waals surface area contributed by atoms with Gasteiger partial charge in [-0.15, -0.1) is 0 Å². The van der Waals surface area contributed by atoms with E-state index in [-0.39, 0.29) is 0 Å². The average Bonchev–Trinajstić information content (AvgIpc) is 2.32. The largest absolute Gasteiger partial charge is 0.492 e. The molecule has 96 valence electrons. The fraction of sp³-hybridized carbons (Fsp3) is 0.571. The van der Waals surface area contributed by atoms with Gasteiger partial charge in [-0.05, 0) is 38.1 Å². The standard InChI is InChI=1S/C14H24N2O/c1-4-8-16(5-2)9-10-17-13-7-6-12(3)14(15)11-13/h6-7,11H,4-5,8-10,15H2,1-3H3. The summed E-state index contributed by atoms with van der Waals surface area (Å²) < 4.78 is 5.70. The number of rotatable bonds is 7. The van der Waals surface area contributed by atoms with Crippen LogP contribution in [0.3, 0.4) is 0 Å². The number of hydrogen-bond donors (Lipinski definition) is 1. The predicted octanol–water partition coefficient (Wildman–Crippen LogP) is 2.69. The zero-order valence-corrected chi connectivity index (χ0v) is 11.2. The number of ether oxygens (including phenoxy) is 1. The van der Waals surface area contributed by atoms with E-state index in [2.05, 4.69) is 18.7 Å². The number of nitrogens with two attached hydrogens (primary N) is 1. The molecule has 0 heterocycles. The molecule has 3 heteroatoms. The van der Waals surface area contributed by atoms with Crippen LogP contribution in [0.2, 0.25) is 0 Å². The monoisotopic (exact) mass is 236 g/mol. The molecule has 0 atom stereocenters. The molecule has 1 aromatic rings. The van der Waals surface area contributed by atoms with Crippen LogP contribution < -0.4 is 10.5 Å². The normalized spacial score (nSPS) is 10.8. The third-order valence-electron chi connectivity index (χ3n) is 2.91. The van der Waals surface area contributed by atoms with Crippen molar-refractivity contribution in [2.45, 2.75) is 27.2 Å². The predicted molar refractivity (Wildman–Crippen MR) is 73.5 cm³/mol. The van der Waals surface area contributed by atoms with Crippen LogP contribution in [0.4, 0.5) is 5.69 Å². The molecule has 0 spiro atoms. The summed E-state index contributed by atoms with van der Waals surface area (Å²) in [4.78, 5) is 2.39. The van der Waals surface area contributed by atoms with E-state index in [1.807, 2.05) is 25.1 Å². The Hall–Kier alpha value is -1.22. The highest BCUT2D eigenvalue weighted by Gasteiger charge is 2.02. The first-order chi connectivity index (χ1) is 8.17. The second-order valence-electron chi connectivity index (χ2n) is 4.30. The first-order valence-electron chi connectivity index (χ1n) is 6.38. The molecule has 3 nitrogen and oxygen atoms in total. The van der Waals surface area contributed by atoms with Gasteiger partial charge in [-0.25, -0.2) is 0 Å². The van der Waals surface area contributed by atoms with E-state index in [9.17, 15) is 0 Å². The quantitative estimate of drug-likeness (QED) is 0.740. The molecule has 0 bridgehead atoms. The second-order valence-corrected chi connectivity index (χ2v) is 4.30. The molecule has 1 aromatic carbocycles. The average molecular weight is 236 g/mol. The lowest BCUT2D eigenvalue weighted by atomic mass is 10.2. The van der Waals surface area contributed by atoms with Crippen molar-refractivity contribution < 1.29 is 4.74 Å². The summed E-state index contributed by atoms with van der Waals surface area (Å²) in [5.41, 5.74) is 7.73. The Bertz CT molecular complexity index is 339. The third-order valence-corrected chi connectivity index (χ3v) is 2.91. The molecule has 17 heavy (non-hydrogen) atoms. The minimum Gasteiger partial charge on any atom is -0.492 e. The smallest absolute Gasteiger partial charge is 0.121 e. The Kier molecular flexibility index (Phi) is 5.84. The van der Waals surface area contributed by atoms with Crippen LogP contribution in [0.5, 0.6) is 5.75 Å². The lowest BCUT2D eigenvalue weighted by Gasteiger charge is -2.19. The number of hydrogen-bond acceptors (Lipinski definition) is 3. The van der Waals surface area contributed by atoms with E-state index in [4.69, 9.17) is 10.5 Å². The van der Waals surface area contributed by atoms with Crippen molar-refractivity contribution in [1.82, 2.24) is 4.90 Å². The van der Waals surface area contributed by atoms with E-state index in [1.54, 1.807) is 0 Å². The van der Waals surface area contributed by atoms with E-state index in [1.165, 1.54) is 6.42 Å². The highest BCUT2D eigenvalue weighted by atomic mass is 16.5. The lowest BCUT2D eigenvalue weighted by Crippen LogP contribution is -2.29. The summed E-state index contributed by atoms with van der Waals surface area (Å²) in [5.74, 6) is 0.862. The fourth-order valence-electron chi connectivity index (χ4n) is 1.75. The lowest BCUT2D eigenvalue weighted by molar-refractivity contribution is 0.216. The van der Waals surface area contributed by atoms with E-state index in [0.717, 1.165) is 43.2 Å². The van der Waals surface area contributed by atoms with Crippen LogP contribution in [0, 0.1) is 6.92 Å². The maximum Gasteiger partial charge on any atom is 0.121 e. The molecule has 0 aliphatic carbocycles. The molecule has 1 rings (SSSR count). The molecule has 0 aliphatic rings. The Labute approximate surface area is 105 Å². The SMILES string of the molecule is CCCN(CC)CCOc1ccc(C)c(N)c1. The molecule has 0 saturated carbocycles. The first kappa shape index (κ1) is 13.8. The van der Waals surface area contributed by atoms with Gasteiger partial charge in [0.1, 0.15) is 12.4 Å². The molecule has 0 aromatic heterocycles. The fourth-order valence-corrected chi connectivity index (χ4v) is 1.75. The van der Waals surface area contributed by atoms with Gasteiger partial charge in [-0.3, -0.25) is 0 Å². The number of likely N-dealkylation sites (N-methyl/N-ethyl adjacent to an activating group) is 1. The minimum atomic E-state index is 0.719. The maximum absolute atomic E-state index is 5.84. The van der Waals surface area contributed by atoms with Gasteiger partial charge in [0.05, 0.1) is 0 Å². The van der Waals surface area contributed by atoms with Gasteiger partial charge in [0.25, 0.3) is 0 Å². The van der Waals surface area contributed by atoms with Gasteiger partial charge in [-0.2, -0.15) is 0 Å². The Balaban J connectivity index is 2.37. The number of nitrogen functional groups attached to an aromatic ring is 1. The molecular formula is C14H24N2O. The van der Waals surface area contributed by atoms with Crippen LogP contribution in [0.15, 0.2) is 18.2 Å². The molecule has 2 N–H and O–H groups in total. The van der Waals surface area contributed by atoms with Crippen molar-refractivity contribution in [2.75, 3.05) is 32.0 Å².